The first-order valence-electron chi connectivity index (χ1n) is 5.76. The third-order valence-corrected chi connectivity index (χ3v) is 4.18. The second kappa shape index (κ2) is 3.96. The summed E-state index contributed by atoms with van der Waals surface area (Å²) < 4.78 is 1.08. The zero-order valence-electron chi connectivity index (χ0n) is 9.41. The fraction of sp³-hybridized carbons (Fsp3) is 0.308. The lowest BCUT2D eigenvalue weighted by atomic mass is 10.1. The van der Waals surface area contributed by atoms with Gasteiger partial charge in [-0.2, -0.15) is 0 Å². The minimum Gasteiger partial charge on any atom is -0.341 e. The van der Waals surface area contributed by atoms with E-state index in [1.54, 1.807) is 0 Å². The summed E-state index contributed by atoms with van der Waals surface area (Å²) >= 11 is 3.55. The summed E-state index contributed by atoms with van der Waals surface area (Å²) in [6, 6.07) is 8.14. The Bertz CT molecular complexity index is 543. The summed E-state index contributed by atoms with van der Waals surface area (Å²) in [5.41, 5.74) is 8.12. The van der Waals surface area contributed by atoms with Crippen LogP contribution in [0.1, 0.15) is 18.7 Å². The largest absolute Gasteiger partial charge is 0.341 e. The third kappa shape index (κ3) is 1.81. The molecular formula is C13H14BrN3. The number of nitrogens with one attached hydrogen (secondary N) is 1. The molecule has 4 heteroatoms. The molecule has 1 aromatic heterocycles. The molecule has 0 radical (unpaired) electrons. The molecular weight excluding hydrogens is 278 g/mol. The van der Waals surface area contributed by atoms with Crippen molar-refractivity contribution in [2.75, 3.05) is 6.54 Å². The lowest BCUT2D eigenvalue weighted by Crippen LogP contribution is -2.21. The van der Waals surface area contributed by atoms with E-state index in [0.717, 1.165) is 34.4 Å². The predicted octanol–water partition coefficient (Wildman–Crippen LogP) is 2.83. The normalized spacial score (nSPS) is 17.1. The van der Waals surface area contributed by atoms with Crippen LogP contribution in [0.3, 0.4) is 0 Å². The maximum absolute atomic E-state index is 5.81. The van der Waals surface area contributed by atoms with Crippen molar-refractivity contribution in [3.8, 4) is 11.3 Å². The van der Waals surface area contributed by atoms with Crippen LogP contribution in [0.2, 0.25) is 0 Å². The summed E-state index contributed by atoms with van der Waals surface area (Å²) in [6.07, 6.45) is 4.18. The van der Waals surface area contributed by atoms with Crippen LogP contribution in [0, 0.1) is 0 Å². The molecule has 0 atom stereocenters. The van der Waals surface area contributed by atoms with Gasteiger partial charge in [0.25, 0.3) is 0 Å². The van der Waals surface area contributed by atoms with E-state index in [0.29, 0.717) is 6.54 Å². The Morgan fingerprint density at radius 2 is 2.12 bits per heavy atom. The van der Waals surface area contributed by atoms with Gasteiger partial charge in [0.05, 0.1) is 11.9 Å². The quantitative estimate of drug-likeness (QED) is 0.914. The van der Waals surface area contributed by atoms with Gasteiger partial charge in [-0.25, -0.2) is 4.98 Å². The second-order valence-corrected chi connectivity index (χ2v) is 5.46. The maximum atomic E-state index is 5.81. The summed E-state index contributed by atoms with van der Waals surface area (Å²) in [5.74, 6) is 1.03. The first kappa shape index (κ1) is 11.0. The number of H-pyrrole nitrogens is 1. The summed E-state index contributed by atoms with van der Waals surface area (Å²) in [5, 5.41) is 0. The van der Waals surface area contributed by atoms with Gasteiger partial charge in [-0.15, -0.1) is 0 Å². The first-order valence-corrected chi connectivity index (χ1v) is 6.55. The standard InChI is InChI=1S/C13H14BrN3/c14-10-4-2-1-3-9(10)11-7-16-12(17-11)13(8-15)5-6-13/h1-4,7H,5-6,8,15H2,(H,16,17). The van der Waals surface area contributed by atoms with Crippen LogP contribution in [0.5, 0.6) is 0 Å². The molecule has 0 unspecified atom stereocenters. The molecule has 1 fully saturated rings. The van der Waals surface area contributed by atoms with Gasteiger partial charge in [-0.05, 0) is 18.9 Å². The molecule has 88 valence electrons. The van der Waals surface area contributed by atoms with Crippen LogP contribution in [-0.4, -0.2) is 16.5 Å². The minimum atomic E-state index is 0.125. The van der Waals surface area contributed by atoms with Crippen molar-refractivity contribution >= 4 is 15.9 Å². The van der Waals surface area contributed by atoms with Gasteiger partial charge in [0.1, 0.15) is 5.82 Å². The van der Waals surface area contributed by atoms with Crippen LogP contribution in [-0.2, 0) is 5.41 Å². The van der Waals surface area contributed by atoms with Gasteiger partial charge in [0.15, 0.2) is 0 Å². The molecule has 3 N–H and O–H groups in total. The summed E-state index contributed by atoms with van der Waals surface area (Å²) in [7, 11) is 0. The molecule has 1 aromatic carbocycles. The van der Waals surface area contributed by atoms with E-state index in [4.69, 9.17) is 5.73 Å². The molecule has 0 bridgehead atoms. The number of hydrogen-bond acceptors (Lipinski definition) is 2. The maximum Gasteiger partial charge on any atom is 0.114 e. The number of nitrogens with zero attached hydrogens (tertiary/aromatic N) is 1. The van der Waals surface area contributed by atoms with Gasteiger partial charge in [0, 0.05) is 22.0 Å². The highest BCUT2D eigenvalue weighted by Crippen LogP contribution is 2.46. The van der Waals surface area contributed by atoms with Gasteiger partial charge in [-0.1, -0.05) is 34.1 Å². The lowest BCUT2D eigenvalue weighted by molar-refractivity contribution is 0.659. The van der Waals surface area contributed by atoms with E-state index in [1.165, 1.54) is 0 Å². The van der Waals surface area contributed by atoms with Crippen LogP contribution in [0.15, 0.2) is 34.9 Å². The number of imidazole rings is 1. The number of aromatic amines is 1. The fourth-order valence-corrected chi connectivity index (χ4v) is 2.59. The molecule has 1 saturated carbocycles. The smallest absolute Gasteiger partial charge is 0.114 e. The van der Waals surface area contributed by atoms with Crippen molar-refractivity contribution in [3.05, 3.63) is 40.8 Å². The number of benzene rings is 1. The van der Waals surface area contributed by atoms with Gasteiger partial charge in [-0.3, -0.25) is 0 Å². The Morgan fingerprint density at radius 3 is 2.76 bits per heavy atom. The van der Waals surface area contributed by atoms with E-state index in [1.807, 2.05) is 24.4 Å². The van der Waals surface area contributed by atoms with Crippen LogP contribution in [0.4, 0.5) is 0 Å². The number of nitrogens with two attached hydrogens (primary N) is 1. The topological polar surface area (TPSA) is 54.7 Å². The minimum absolute atomic E-state index is 0.125. The van der Waals surface area contributed by atoms with Crippen LogP contribution >= 0.6 is 15.9 Å². The number of aromatic nitrogens is 2. The molecule has 1 aliphatic carbocycles. The number of halogens is 1. The second-order valence-electron chi connectivity index (χ2n) is 4.61. The average Bonchev–Trinajstić information content (AvgIpc) is 3.00. The number of hydrogen-bond donors (Lipinski definition) is 2. The van der Waals surface area contributed by atoms with E-state index in [9.17, 15) is 0 Å². The van der Waals surface area contributed by atoms with Crippen molar-refractivity contribution < 1.29 is 0 Å². The molecule has 17 heavy (non-hydrogen) atoms. The highest BCUT2D eigenvalue weighted by Gasteiger charge is 2.45. The SMILES string of the molecule is NCC1(c2ncc(-c3ccccc3Br)[nH]2)CC1. The van der Waals surface area contributed by atoms with Crippen LogP contribution < -0.4 is 5.73 Å². The average molecular weight is 292 g/mol. The Labute approximate surface area is 109 Å². The van der Waals surface area contributed by atoms with E-state index in [-0.39, 0.29) is 5.41 Å². The van der Waals surface area contributed by atoms with Crippen molar-refractivity contribution in [1.29, 1.82) is 0 Å². The van der Waals surface area contributed by atoms with E-state index < -0.39 is 0 Å². The molecule has 2 aromatic rings. The lowest BCUT2D eigenvalue weighted by Gasteiger charge is -2.07. The van der Waals surface area contributed by atoms with Crippen molar-refractivity contribution in [2.45, 2.75) is 18.3 Å². The molecule has 1 aliphatic rings. The predicted molar refractivity (Wildman–Crippen MR) is 71.7 cm³/mol. The van der Waals surface area contributed by atoms with Crippen molar-refractivity contribution in [1.82, 2.24) is 9.97 Å². The molecule has 3 nitrogen and oxygen atoms in total. The third-order valence-electron chi connectivity index (χ3n) is 3.49. The number of rotatable bonds is 3. The fourth-order valence-electron chi connectivity index (χ4n) is 2.10. The monoisotopic (exact) mass is 291 g/mol. The Balaban J connectivity index is 1.99. The van der Waals surface area contributed by atoms with Gasteiger partial charge >= 0.3 is 0 Å². The zero-order chi connectivity index (χ0) is 11.9. The Morgan fingerprint density at radius 1 is 1.35 bits per heavy atom. The Hall–Kier alpha value is -1.13. The zero-order valence-corrected chi connectivity index (χ0v) is 11.0. The van der Waals surface area contributed by atoms with Crippen LogP contribution in [0.25, 0.3) is 11.3 Å². The molecule has 3 rings (SSSR count). The van der Waals surface area contributed by atoms with Gasteiger partial charge in [0.2, 0.25) is 0 Å². The Kier molecular flexibility index (Phi) is 2.56. The van der Waals surface area contributed by atoms with Crippen molar-refractivity contribution in [2.24, 2.45) is 5.73 Å². The van der Waals surface area contributed by atoms with Gasteiger partial charge < -0.3 is 10.7 Å². The van der Waals surface area contributed by atoms with E-state index in [2.05, 4.69) is 32.0 Å². The molecule has 0 spiro atoms. The highest BCUT2D eigenvalue weighted by atomic mass is 79.9. The summed E-state index contributed by atoms with van der Waals surface area (Å²) in [4.78, 5) is 7.89. The highest BCUT2D eigenvalue weighted by molar-refractivity contribution is 9.10. The molecule has 0 saturated heterocycles. The first-order chi connectivity index (χ1) is 8.25. The van der Waals surface area contributed by atoms with Crippen molar-refractivity contribution in [3.63, 3.8) is 0 Å². The molecule has 0 amide bonds. The summed E-state index contributed by atoms with van der Waals surface area (Å²) in [6.45, 7) is 0.677. The van der Waals surface area contributed by atoms with E-state index >= 15 is 0 Å². The molecule has 1 heterocycles. The molecule has 0 aliphatic heterocycles.